The van der Waals surface area contributed by atoms with Gasteiger partial charge in [-0.1, -0.05) is 18.2 Å². The molecule has 0 spiro atoms. The number of anilines is 1. The molecule has 94 valence electrons. The molecule has 1 aromatic carbocycles. The summed E-state index contributed by atoms with van der Waals surface area (Å²) in [6.07, 6.45) is 0. The fourth-order valence-electron chi connectivity index (χ4n) is 1.57. The van der Waals surface area contributed by atoms with Crippen LogP contribution in [0.5, 0.6) is 11.6 Å². The predicted octanol–water partition coefficient (Wildman–Crippen LogP) is 2.11. The van der Waals surface area contributed by atoms with Gasteiger partial charge >= 0.3 is 0 Å². The van der Waals surface area contributed by atoms with Gasteiger partial charge in [0.05, 0.1) is 6.61 Å². The van der Waals surface area contributed by atoms with Crippen molar-refractivity contribution in [1.29, 1.82) is 0 Å². The Hall–Kier alpha value is -2.14. The molecule has 0 unspecified atom stereocenters. The summed E-state index contributed by atoms with van der Waals surface area (Å²) in [6, 6.07) is 9.01. The zero-order chi connectivity index (χ0) is 13.0. The molecule has 0 bridgehead atoms. The number of ether oxygens (including phenoxy) is 1. The van der Waals surface area contributed by atoms with Gasteiger partial charge in [0, 0.05) is 18.7 Å². The van der Waals surface area contributed by atoms with Crippen LogP contribution in [-0.4, -0.2) is 22.1 Å². The highest BCUT2D eigenvalue weighted by atomic mass is 16.5. The minimum absolute atomic E-state index is 0.0703. The van der Waals surface area contributed by atoms with Crippen molar-refractivity contribution in [1.82, 2.24) is 9.97 Å². The molecule has 0 fully saturated rings. The quantitative estimate of drug-likeness (QED) is 0.863. The molecule has 0 saturated carbocycles. The number of aliphatic hydroxyl groups is 1. The van der Waals surface area contributed by atoms with Crippen LogP contribution in [0.15, 0.2) is 30.3 Å². The number of aliphatic hydroxyl groups excluding tert-OH is 1. The molecule has 0 aliphatic carbocycles. The maximum atomic E-state index is 9.23. The summed E-state index contributed by atoms with van der Waals surface area (Å²) in [5, 5.41) is 12.2. The summed E-state index contributed by atoms with van der Waals surface area (Å²) in [5.74, 6) is 2.37. The zero-order valence-electron chi connectivity index (χ0n) is 10.3. The summed E-state index contributed by atoms with van der Waals surface area (Å²) in [4.78, 5) is 8.38. The fourth-order valence-corrected chi connectivity index (χ4v) is 1.57. The molecule has 0 radical (unpaired) electrons. The van der Waals surface area contributed by atoms with Crippen molar-refractivity contribution in [2.45, 2.75) is 13.5 Å². The van der Waals surface area contributed by atoms with E-state index >= 15 is 0 Å². The Labute approximate surface area is 105 Å². The monoisotopic (exact) mass is 245 g/mol. The van der Waals surface area contributed by atoms with E-state index in [0.29, 0.717) is 23.3 Å². The molecule has 2 aromatic rings. The Balaban J connectivity index is 2.30. The van der Waals surface area contributed by atoms with Crippen LogP contribution in [0.4, 0.5) is 5.82 Å². The van der Waals surface area contributed by atoms with E-state index in [1.807, 2.05) is 18.2 Å². The van der Waals surface area contributed by atoms with Crippen LogP contribution in [-0.2, 0) is 6.61 Å². The van der Waals surface area contributed by atoms with E-state index < -0.39 is 0 Å². The molecule has 2 N–H and O–H groups in total. The number of aromatic nitrogens is 2. The van der Waals surface area contributed by atoms with Gasteiger partial charge in [-0.05, 0) is 13.0 Å². The van der Waals surface area contributed by atoms with E-state index in [9.17, 15) is 5.11 Å². The van der Waals surface area contributed by atoms with Crippen molar-refractivity contribution in [2.75, 3.05) is 12.4 Å². The van der Waals surface area contributed by atoms with Crippen LogP contribution in [0.2, 0.25) is 0 Å². The summed E-state index contributed by atoms with van der Waals surface area (Å²) in [6.45, 7) is 1.73. The highest BCUT2D eigenvalue weighted by molar-refractivity contribution is 5.41. The third-order valence-corrected chi connectivity index (χ3v) is 2.43. The smallest absolute Gasteiger partial charge is 0.224 e. The van der Waals surface area contributed by atoms with Crippen LogP contribution < -0.4 is 10.1 Å². The van der Waals surface area contributed by atoms with Crippen molar-refractivity contribution in [3.8, 4) is 11.6 Å². The molecule has 0 saturated heterocycles. The second-order valence-electron chi connectivity index (χ2n) is 3.76. The minimum atomic E-state index is -0.0703. The second kappa shape index (κ2) is 5.46. The molecule has 2 rings (SSSR count). The summed E-state index contributed by atoms with van der Waals surface area (Å²) in [5.41, 5.74) is 0.722. The van der Waals surface area contributed by atoms with Crippen LogP contribution >= 0.6 is 0 Å². The molecular weight excluding hydrogens is 230 g/mol. The standard InChI is InChI=1S/C13H15N3O2/c1-9-15-12(14-2)7-13(16-9)18-11-6-4-3-5-10(11)8-17/h3-7,17H,8H2,1-2H3,(H,14,15,16). The SMILES string of the molecule is CNc1cc(Oc2ccccc2CO)nc(C)n1. The topological polar surface area (TPSA) is 67.3 Å². The lowest BCUT2D eigenvalue weighted by atomic mass is 10.2. The third kappa shape index (κ3) is 2.75. The van der Waals surface area contributed by atoms with Crippen LogP contribution in [0.3, 0.4) is 0 Å². The third-order valence-electron chi connectivity index (χ3n) is 2.43. The molecular formula is C13H15N3O2. The predicted molar refractivity (Wildman–Crippen MR) is 68.8 cm³/mol. The molecule has 5 nitrogen and oxygen atoms in total. The number of rotatable bonds is 4. The lowest BCUT2D eigenvalue weighted by molar-refractivity contribution is 0.276. The Kier molecular flexibility index (Phi) is 3.74. The molecule has 0 amide bonds. The van der Waals surface area contributed by atoms with Crippen molar-refractivity contribution in [2.24, 2.45) is 0 Å². The molecule has 1 heterocycles. The summed E-state index contributed by atoms with van der Waals surface area (Å²) >= 11 is 0. The van der Waals surface area contributed by atoms with Gasteiger partial charge in [-0.25, -0.2) is 4.98 Å². The molecule has 5 heteroatoms. The number of hydrogen-bond acceptors (Lipinski definition) is 5. The lowest BCUT2D eigenvalue weighted by Gasteiger charge is -2.10. The van der Waals surface area contributed by atoms with Crippen molar-refractivity contribution >= 4 is 5.82 Å². The number of benzene rings is 1. The van der Waals surface area contributed by atoms with Gasteiger partial charge in [0.25, 0.3) is 0 Å². The Morgan fingerprint density at radius 3 is 2.78 bits per heavy atom. The Bertz CT molecular complexity index is 544. The van der Waals surface area contributed by atoms with Gasteiger partial charge in [-0.15, -0.1) is 0 Å². The van der Waals surface area contributed by atoms with Gasteiger partial charge in [-0.2, -0.15) is 4.98 Å². The highest BCUT2D eigenvalue weighted by Gasteiger charge is 2.06. The number of hydrogen-bond donors (Lipinski definition) is 2. The van der Waals surface area contributed by atoms with E-state index in [2.05, 4.69) is 15.3 Å². The first-order chi connectivity index (χ1) is 8.72. The normalized spacial score (nSPS) is 10.2. The average molecular weight is 245 g/mol. The maximum Gasteiger partial charge on any atom is 0.224 e. The van der Waals surface area contributed by atoms with Crippen molar-refractivity contribution in [3.05, 3.63) is 41.7 Å². The van der Waals surface area contributed by atoms with E-state index in [0.717, 1.165) is 5.56 Å². The summed E-state index contributed by atoms with van der Waals surface area (Å²) < 4.78 is 5.67. The van der Waals surface area contributed by atoms with Gasteiger partial charge < -0.3 is 15.2 Å². The number of aryl methyl sites for hydroxylation is 1. The number of nitrogens with zero attached hydrogens (tertiary/aromatic N) is 2. The Morgan fingerprint density at radius 2 is 2.06 bits per heavy atom. The minimum Gasteiger partial charge on any atom is -0.438 e. The Morgan fingerprint density at radius 1 is 1.28 bits per heavy atom. The molecule has 1 aromatic heterocycles. The average Bonchev–Trinajstić information content (AvgIpc) is 2.38. The molecule has 0 aliphatic rings. The van der Waals surface area contributed by atoms with Crippen LogP contribution in [0, 0.1) is 6.92 Å². The van der Waals surface area contributed by atoms with Crippen LogP contribution in [0.25, 0.3) is 0 Å². The number of para-hydroxylation sites is 1. The van der Waals surface area contributed by atoms with Gasteiger partial charge in [0.2, 0.25) is 5.88 Å². The van der Waals surface area contributed by atoms with Crippen molar-refractivity contribution < 1.29 is 9.84 Å². The van der Waals surface area contributed by atoms with E-state index in [4.69, 9.17) is 4.74 Å². The molecule has 18 heavy (non-hydrogen) atoms. The van der Waals surface area contributed by atoms with Gasteiger partial charge in [0.1, 0.15) is 17.4 Å². The molecule has 0 atom stereocenters. The first kappa shape index (κ1) is 12.3. The largest absolute Gasteiger partial charge is 0.438 e. The van der Waals surface area contributed by atoms with E-state index in [1.54, 1.807) is 26.1 Å². The summed E-state index contributed by atoms with van der Waals surface area (Å²) in [7, 11) is 1.78. The lowest BCUT2D eigenvalue weighted by Crippen LogP contribution is -1.99. The maximum absolute atomic E-state index is 9.23. The van der Waals surface area contributed by atoms with Crippen LogP contribution in [0.1, 0.15) is 11.4 Å². The van der Waals surface area contributed by atoms with Gasteiger partial charge in [-0.3, -0.25) is 0 Å². The van der Waals surface area contributed by atoms with E-state index in [1.165, 1.54) is 0 Å². The fraction of sp³-hybridized carbons (Fsp3) is 0.231. The second-order valence-corrected chi connectivity index (χ2v) is 3.76. The molecule has 0 aliphatic heterocycles. The highest BCUT2D eigenvalue weighted by Crippen LogP contribution is 2.25. The first-order valence-electron chi connectivity index (χ1n) is 5.63. The first-order valence-corrected chi connectivity index (χ1v) is 5.63. The van der Waals surface area contributed by atoms with Crippen molar-refractivity contribution in [3.63, 3.8) is 0 Å². The number of nitrogens with one attached hydrogen (secondary N) is 1. The van der Waals surface area contributed by atoms with Gasteiger partial charge in [0.15, 0.2) is 0 Å². The van der Waals surface area contributed by atoms with E-state index in [-0.39, 0.29) is 6.61 Å². The zero-order valence-corrected chi connectivity index (χ0v) is 10.3.